The van der Waals surface area contributed by atoms with E-state index in [-0.39, 0.29) is 10.7 Å². The van der Waals surface area contributed by atoms with Gasteiger partial charge in [-0.2, -0.15) is 0 Å². The van der Waals surface area contributed by atoms with E-state index in [0.717, 1.165) is 0 Å². The number of methoxy groups -OCH3 is 2. The SMILES string of the molecule is COc1cc(OC)cc(-c2cc3cnc(S(C)=O)nc3n(C)c2=O)c1. The van der Waals surface area contributed by atoms with Gasteiger partial charge in [0.25, 0.3) is 5.56 Å². The third-order valence-corrected chi connectivity index (χ3v) is 4.56. The predicted molar refractivity (Wildman–Crippen MR) is 95.7 cm³/mol. The zero-order valence-corrected chi connectivity index (χ0v) is 15.1. The van der Waals surface area contributed by atoms with Gasteiger partial charge in [-0.1, -0.05) is 0 Å². The molecule has 0 bridgehead atoms. The monoisotopic (exact) mass is 359 g/mol. The van der Waals surface area contributed by atoms with E-state index in [1.54, 1.807) is 51.7 Å². The highest BCUT2D eigenvalue weighted by Crippen LogP contribution is 2.29. The van der Waals surface area contributed by atoms with E-state index in [4.69, 9.17) is 9.47 Å². The highest BCUT2D eigenvalue weighted by molar-refractivity contribution is 7.84. The van der Waals surface area contributed by atoms with E-state index < -0.39 is 10.8 Å². The summed E-state index contributed by atoms with van der Waals surface area (Å²) in [7, 11) is 3.41. The Morgan fingerprint density at radius 1 is 1.08 bits per heavy atom. The Balaban J connectivity index is 2.28. The number of aryl methyl sites for hydroxylation is 1. The maximum atomic E-state index is 12.8. The first kappa shape index (κ1) is 17.1. The van der Waals surface area contributed by atoms with Gasteiger partial charge >= 0.3 is 0 Å². The van der Waals surface area contributed by atoms with Crippen LogP contribution in [0.1, 0.15) is 0 Å². The molecule has 1 atom stereocenters. The van der Waals surface area contributed by atoms with Gasteiger partial charge in [0.2, 0.25) is 5.16 Å². The lowest BCUT2D eigenvalue weighted by Gasteiger charge is -2.11. The number of rotatable bonds is 4. The van der Waals surface area contributed by atoms with Crippen molar-refractivity contribution in [2.24, 2.45) is 7.05 Å². The number of pyridine rings is 1. The van der Waals surface area contributed by atoms with Crippen molar-refractivity contribution in [3.63, 3.8) is 0 Å². The van der Waals surface area contributed by atoms with E-state index in [1.165, 1.54) is 10.8 Å². The lowest BCUT2D eigenvalue weighted by atomic mass is 10.1. The van der Waals surface area contributed by atoms with E-state index in [9.17, 15) is 9.00 Å². The summed E-state index contributed by atoms with van der Waals surface area (Å²) >= 11 is 0. The van der Waals surface area contributed by atoms with Crippen LogP contribution in [0.4, 0.5) is 0 Å². The Labute approximate surface area is 146 Å². The summed E-state index contributed by atoms with van der Waals surface area (Å²) in [5, 5.41) is 0.867. The summed E-state index contributed by atoms with van der Waals surface area (Å²) in [6, 6.07) is 6.98. The molecular weight excluding hydrogens is 342 g/mol. The molecule has 0 aliphatic rings. The summed E-state index contributed by atoms with van der Waals surface area (Å²) < 4.78 is 23.6. The molecule has 0 aliphatic heterocycles. The molecule has 0 aliphatic carbocycles. The van der Waals surface area contributed by atoms with Crippen LogP contribution in [0.5, 0.6) is 11.5 Å². The zero-order valence-electron chi connectivity index (χ0n) is 14.3. The Morgan fingerprint density at radius 2 is 1.72 bits per heavy atom. The average molecular weight is 359 g/mol. The maximum Gasteiger partial charge on any atom is 0.259 e. The smallest absolute Gasteiger partial charge is 0.259 e. The van der Waals surface area contributed by atoms with Crippen LogP contribution in [0.2, 0.25) is 0 Å². The number of aromatic nitrogens is 3. The van der Waals surface area contributed by atoms with E-state index in [0.29, 0.717) is 33.7 Å². The third kappa shape index (κ3) is 3.12. The molecule has 7 nitrogen and oxygen atoms in total. The fraction of sp³-hybridized carbons (Fsp3) is 0.235. The topological polar surface area (TPSA) is 83.3 Å². The molecule has 3 rings (SSSR count). The molecule has 1 unspecified atom stereocenters. The van der Waals surface area contributed by atoms with Crippen LogP contribution >= 0.6 is 0 Å². The standard InChI is InChI=1S/C17H17N3O4S/c1-20-15-11(9-18-17(19-15)25(4)22)7-14(16(20)21)10-5-12(23-2)8-13(6-10)24-3/h5-9H,1-4H3. The molecule has 130 valence electrons. The maximum absolute atomic E-state index is 12.8. The average Bonchev–Trinajstić information content (AvgIpc) is 2.63. The largest absolute Gasteiger partial charge is 0.497 e. The van der Waals surface area contributed by atoms with Crippen LogP contribution in [-0.2, 0) is 17.8 Å². The first-order chi connectivity index (χ1) is 11.9. The Kier molecular flexibility index (Phi) is 4.54. The summed E-state index contributed by atoms with van der Waals surface area (Å²) in [5.74, 6) is 1.17. The van der Waals surface area contributed by atoms with Crippen LogP contribution in [0.15, 0.2) is 40.4 Å². The van der Waals surface area contributed by atoms with Crippen molar-refractivity contribution in [3.8, 4) is 22.6 Å². The van der Waals surface area contributed by atoms with Crippen LogP contribution < -0.4 is 15.0 Å². The second-order valence-corrected chi connectivity index (χ2v) is 6.68. The molecule has 0 spiro atoms. The fourth-order valence-electron chi connectivity index (χ4n) is 2.54. The van der Waals surface area contributed by atoms with Crippen molar-refractivity contribution in [2.45, 2.75) is 5.16 Å². The van der Waals surface area contributed by atoms with E-state index in [2.05, 4.69) is 9.97 Å². The second-order valence-electron chi connectivity index (χ2n) is 5.41. The molecule has 0 saturated heterocycles. The highest BCUT2D eigenvalue weighted by Gasteiger charge is 2.14. The van der Waals surface area contributed by atoms with Crippen molar-refractivity contribution >= 4 is 21.8 Å². The van der Waals surface area contributed by atoms with Crippen LogP contribution in [0, 0.1) is 0 Å². The molecular formula is C17H17N3O4S. The third-order valence-electron chi connectivity index (χ3n) is 3.85. The molecule has 2 heterocycles. The molecule has 25 heavy (non-hydrogen) atoms. The summed E-state index contributed by atoms with van der Waals surface area (Å²) in [6.07, 6.45) is 3.07. The summed E-state index contributed by atoms with van der Waals surface area (Å²) in [5.41, 5.74) is 1.35. The first-order valence-corrected chi connectivity index (χ1v) is 8.94. The Hall–Kier alpha value is -2.74. The number of ether oxygens (including phenoxy) is 2. The number of hydrogen-bond acceptors (Lipinski definition) is 6. The Bertz CT molecular complexity index is 1020. The zero-order chi connectivity index (χ0) is 18.1. The molecule has 0 N–H and O–H groups in total. The van der Waals surface area contributed by atoms with E-state index >= 15 is 0 Å². The first-order valence-electron chi connectivity index (χ1n) is 7.38. The van der Waals surface area contributed by atoms with Crippen molar-refractivity contribution < 1.29 is 13.7 Å². The lowest BCUT2D eigenvalue weighted by molar-refractivity contribution is 0.394. The van der Waals surface area contributed by atoms with Gasteiger partial charge in [0.05, 0.1) is 25.0 Å². The molecule has 0 amide bonds. The van der Waals surface area contributed by atoms with Crippen LogP contribution in [-0.4, -0.2) is 39.2 Å². The fourth-order valence-corrected chi connectivity index (χ4v) is 2.96. The van der Waals surface area contributed by atoms with Crippen molar-refractivity contribution in [1.29, 1.82) is 0 Å². The Morgan fingerprint density at radius 3 is 2.28 bits per heavy atom. The minimum absolute atomic E-state index is 0.193. The van der Waals surface area contributed by atoms with Crippen molar-refractivity contribution in [3.05, 3.63) is 40.8 Å². The van der Waals surface area contributed by atoms with Crippen molar-refractivity contribution in [2.75, 3.05) is 20.5 Å². The van der Waals surface area contributed by atoms with E-state index in [1.807, 2.05) is 0 Å². The van der Waals surface area contributed by atoms with Gasteiger partial charge in [-0.3, -0.25) is 13.6 Å². The second kappa shape index (κ2) is 6.64. The number of nitrogens with zero attached hydrogens (tertiary/aromatic N) is 3. The number of hydrogen-bond donors (Lipinski definition) is 0. The van der Waals surface area contributed by atoms with Gasteiger partial charge in [-0.25, -0.2) is 9.97 Å². The van der Waals surface area contributed by atoms with Crippen LogP contribution in [0.25, 0.3) is 22.2 Å². The van der Waals surface area contributed by atoms with Gasteiger partial charge in [0.1, 0.15) is 17.1 Å². The molecule has 0 radical (unpaired) electrons. The lowest BCUT2D eigenvalue weighted by Crippen LogP contribution is -2.20. The van der Waals surface area contributed by atoms with Gasteiger partial charge in [-0.15, -0.1) is 0 Å². The quantitative estimate of drug-likeness (QED) is 0.660. The number of fused-ring (bicyclic) bond motifs is 1. The molecule has 1 aromatic carbocycles. The van der Waals surface area contributed by atoms with Gasteiger partial charge in [0.15, 0.2) is 0 Å². The predicted octanol–water partition coefficient (Wildman–Crippen LogP) is 1.75. The molecule has 0 saturated carbocycles. The normalized spacial score (nSPS) is 12.2. The summed E-state index contributed by atoms with van der Waals surface area (Å²) in [4.78, 5) is 21.2. The summed E-state index contributed by atoms with van der Waals surface area (Å²) in [6.45, 7) is 0. The van der Waals surface area contributed by atoms with Gasteiger partial charge in [0, 0.05) is 36.5 Å². The number of benzene rings is 1. The minimum atomic E-state index is -1.32. The van der Waals surface area contributed by atoms with Gasteiger partial charge < -0.3 is 9.47 Å². The van der Waals surface area contributed by atoms with Crippen molar-refractivity contribution in [1.82, 2.24) is 14.5 Å². The molecule has 3 aromatic rings. The molecule has 2 aromatic heterocycles. The molecule has 0 fully saturated rings. The van der Waals surface area contributed by atoms with Crippen LogP contribution in [0.3, 0.4) is 0 Å². The minimum Gasteiger partial charge on any atom is -0.497 e. The highest BCUT2D eigenvalue weighted by atomic mass is 32.2. The van der Waals surface area contributed by atoms with Gasteiger partial charge in [-0.05, 0) is 23.8 Å². The molecule has 8 heteroatoms.